The lowest BCUT2D eigenvalue weighted by atomic mass is 9.92. The summed E-state index contributed by atoms with van der Waals surface area (Å²) in [5, 5.41) is 6.25. The third-order valence-electron chi connectivity index (χ3n) is 4.06. The molecule has 1 saturated heterocycles. The molecule has 1 aliphatic heterocycles. The smallest absolute Gasteiger partial charge is 0.177 e. The molecule has 0 radical (unpaired) electrons. The minimum Gasteiger partial charge on any atom is -0.355 e. The predicted molar refractivity (Wildman–Crippen MR) is 88.7 cm³/mol. The largest absolute Gasteiger partial charge is 0.355 e. The SMILES string of the molecule is CC1CCN(Cc2cc(-c3cccs3)on2)C(CN)C1.Cl. The van der Waals surface area contributed by atoms with Gasteiger partial charge in [0.2, 0.25) is 0 Å². The summed E-state index contributed by atoms with van der Waals surface area (Å²) in [6, 6.07) is 6.61. The van der Waals surface area contributed by atoms with Crippen LogP contribution in [0.3, 0.4) is 0 Å². The third kappa shape index (κ3) is 3.86. The molecule has 2 N–H and O–H groups in total. The van der Waals surface area contributed by atoms with Crippen LogP contribution in [0.5, 0.6) is 0 Å². The maximum Gasteiger partial charge on any atom is 0.177 e. The maximum atomic E-state index is 5.91. The third-order valence-corrected chi connectivity index (χ3v) is 4.94. The zero-order valence-electron chi connectivity index (χ0n) is 12.2. The molecule has 0 saturated carbocycles. The average Bonchev–Trinajstić information content (AvgIpc) is 3.11. The van der Waals surface area contributed by atoms with Crippen LogP contribution in [0.2, 0.25) is 0 Å². The van der Waals surface area contributed by atoms with Gasteiger partial charge in [-0.3, -0.25) is 4.90 Å². The van der Waals surface area contributed by atoms with Crippen molar-refractivity contribution in [2.24, 2.45) is 11.7 Å². The van der Waals surface area contributed by atoms with Gasteiger partial charge in [0.05, 0.1) is 10.6 Å². The summed E-state index contributed by atoms with van der Waals surface area (Å²) in [6.45, 7) is 4.97. The molecule has 2 unspecified atom stereocenters. The van der Waals surface area contributed by atoms with Crippen molar-refractivity contribution in [1.29, 1.82) is 0 Å². The van der Waals surface area contributed by atoms with Crippen LogP contribution in [0.1, 0.15) is 25.5 Å². The first kappa shape index (κ1) is 16.5. The van der Waals surface area contributed by atoms with Crippen molar-refractivity contribution in [2.45, 2.75) is 32.4 Å². The standard InChI is InChI=1S/C15H21N3OS.ClH/c1-11-4-5-18(13(7-11)9-16)10-12-8-14(19-17-12)15-3-2-6-20-15;/h2-3,6,8,11,13H,4-5,7,9-10,16H2,1H3;1H. The van der Waals surface area contributed by atoms with E-state index in [1.54, 1.807) is 11.3 Å². The van der Waals surface area contributed by atoms with E-state index in [2.05, 4.69) is 29.1 Å². The van der Waals surface area contributed by atoms with Gasteiger partial charge in [0.25, 0.3) is 0 Å². The van der Waals surface area contributed by atoms with Crippen LogP contribution in [-0.4, -0.2) is 29.2 Å². The Morgan fingerprint density at radius 3 is 3.10 bits per heavy atom. The summed E-state index contributed by atoms with van der Waals surface area (Å²) >= 11 is 1.67. The molecule has 0 bridgehead atoms. The predicted octanol–water partition coefficient (Wildman–Crippen LogP) is 3.38. The van der Waals surface area contributed by atoms with E-state index in [1.165, 1.54) is 12.8 Å². The molecule has 3 heterocycles. The number of piperidine rings is 1. The Morgan fingerprint density at radius 2 is 2.38 bits per heavy atom. The minimum absolute atomic E-state index is 0. The van der Waals surface area contributed by atoms with Gasteiger partial charge in [-0.05, 0) is 36.8 Å². The highest BCUT2D eigenvalue weighted by Gasteiger charge is 2.26. The van der Waals surface area contributed by atoms with Crippen molar-refractivity contribution in [3.05, 3.63) is 29.3 Å². The molecule has 0 aromatic carbocycles. The zero-order valence-corrected chi connectivity index (χ0v) is 13.8. The van der Waals surface area contributed by atoms with Crippen LogP contribution in [-0.2, 0) is 6.54 Å². The molecule has 0 amide bonds. The molecule has 6 heteroatoms. The minimum atomic E-state index is 0. The van der Waals surface area contributed by atoms with Crippen molar-refractivity contribution >= 4 is 23.7 Å². The van der Waals surface area contributed by atoms with Crippen LogP contribution < -0.4 is 5.73 Å². The molecule has 116 valence electrons. The van der Waals surface area contributed by atoms with E-state index < -0.39 is 0 Å². The quantitative estimate of drug-likeness (QED) is 0.935. The van der Waals surface area contributed by atoms with E-state index in [0.29, 0.717) is 6.04 Å². The average molecular weight is 328 g/mol. The second-order valence-corrected chi connectivity index (χ2v) is 6.60. The fraction of sp³-hybridized carbons (Fsp3) is 0.533. The van der Waals surface area contributed by atoms with Gasteiger partial charge >= 0.3 is 0 Å². The topological polar surface area (TPSA) is 55.3 Å². The van der Waals surface area contributed by atoms with Gasteiger partial charge in [0.15, 0.2) is 5.76 Å². The molecule has 1 fully saturated rings. The van der Waals surface area contributed by atoms with Gasteiger partial charge in [0, 0.05) is 25.2 Å². The summed E-state index contributed by atoms with van der Waals surface area (Å²) in [4.78, 5) is 3.57. The van der Waals surface area contributed by atoms with Crippen LogP contribution in [0, 0.1) is 5.92 Å². The first-order valence-electron chi connectivity index (χ1n) is 7.20. The number of likely N-dealkylation sites (tertiary alicyclic amines) is 1. The van der Waals surface area contributed by atoms with Crippen LogP contribution >= 0.6 is 23.7 Å². The van der Waals surface area contributed by atoms with E-state index in [9.17, 15) is 0 Å². The van der Waals surface area contributed by atoms with Crippen LogP contribution in [0.4, 0.5) is 0 Å². The Bertz CT molecular complexity index is 543. The highest BCUT2D eigenvalue weighted by atomic mass is 35.5. The van der Waals surface area contributed by atoms with Gasteiger partial charge in [-0.2, -0.15) is 0 Å². The number of halogens is 1. The summed E-state index contributed by atoms with van der Waals surface area (Å²) in [5.74, 6) is 1.64. The fourth-order valence-electron chi connectivity index (χ4n) is 2.88. The Kier molecular flexibility index (Phi) is 5.81. The number of nitrogens with zero attached hydrogens (tertiary/aromatic N) is 2. The summed E-state index contributed by atoms with van der Waals surface area (Å²) < 4.78 is 5.44. The molecule has 1 aliphatic rings. The molecule has 2 aromatic rings. The molecule has 0 spiro atoms. The summed E-state index contributed by atoms with van der Waals surface area (Å²) in [6.07, 6.45) is 2.43. The Balaban J connectivity index is 0.00000161. The van der Waals surface area contributed by atoms with Gasteiger partial charge in [-0.1, -0.05) is 18.1 Å². The van der Waals surface area contributed by atoms with Gasteiger partial charge in [-0.25, -0.2) is 0 Å². The molecule has 4 nitrogen and oxygen atoms in total. The van der Waals surface area contributed by atoms with E-state index in [4.69, 9.17) is 10.3 Å². The molecule has 2 aromatic heterocycles. The van der Waals surface area contributed by atoms with E-state index in [1.807, 2.05) is 11.4 Å². The Labute approximate surface area is 135 Å². The lowest BCUT2D eigenvalue weighted by Gasteiger charge is -2.37. The van der Waals surface area contributed by atoms with Crippen molar-refractivity contribution in [3.8, 4) is 10.6 Å². The number of thiophene rings is 1. The monoisotopic (exact) mass is 327 g/mol. The van der Waals surface area contributed by atoms with Crippen molar-refractivity contribution in [1.82, 2.24) is 10.1 Å². The second kappa shape index (κ2) is 7.40. The van der Waals surface area contributed by atoms with E-state index >= 15 is 0 Å². The zero-order chi connectivity index (χ0) is 13.9. The highest BCUT2D eigenvalue weighted by molar-refractivity contribution is 7.13. The first-order valence-corrected chi connectivity index (χ1v) is 8.08. The van der Waals surface area contributed by atoms with Crippen molar-refractivity contribution < 1.29 is 4.52 Å². The van der Waals surface area contributed by atoms with E-state index in [0.717, 1.165) is 41.9 Å². The lowest BCUT2D eigenvalue weighted by Crippen LogP contribution is -2.45. The number of aromatic nitrogens is 1. The lowest BCUT2D eigenvalue weighted by molar-refractivity contribution is 0.112. The molecule has 0 aliphatic carbocycles. The van der Waals surface area contributed by atoms with Crippen molar-refractivity contribution in [2.75, 3.05) is 13.1 Å². The number of hydrogen-bond donors (Lipinski definition) is 1. The Hall–Kier alpha value is -0.880. The normalized spacial score (nSPS) is 23.0. The number of nitrogens with two attached hydrogens (primary N) is 1. The maximum absolute atomic E-state index is 5.91. The van der Waals surface area contributed by atoms with E-state index in [-0.39, 0.29) is 12.4 Å². The molecule has 3 rings (SSSR count). The molecule has 21 heavy (non-hydrogen) atoms. The van der Waals surface area contributed by atoms with Crippen LogP contribution in [0.25, 0.3) is 10.6 Å². The van der Waals surface area contributed by atoms with Gasteiger partial charge < -0.3 is 10.3 Å². The van der Waals surface area contributed by atoms with Gasteiger partial charge in [0.1, 0.15) is 0 Å². The number of rotatable bonds is 4. The second-order valence-electron chi connectivity index (χ2n) is 5.65. The number of hydrogen-bond acceptors (Lipinski definition) is 5. The first-order chi connectivity index (χ1) is 9.76. The molecule has 2 atom stereocenters. The van der Waals surface area contributed by atoms with Gasteiger partial charge in [-0.15, -0.1) is 23.7 Å². The molecular formula is C15H22ClN3OS. The Morgan fingerprint density at radius 1 is 1.52 bits per heavy atom. The summed E-state index contributed by atoms with van der Waals surface area (Å²) in [5.41, 5.74) is 6.91. The summed E-state index contributed by atoms with van der Waals surface area (Å²) in [7, 11) is 0. The highest BCUT2D eigenvalue weighted by Crippen LogP contribution is 2.27. The van der Waals surface area contributed by atoms with Crippen LogP contribution in [0.15, 0.2) is 28.1 Å². The van der Waals surface area contributed by atoms with Crippen molar-refractivity contribution in [3.63, 3.8) is 0 Å². The molecular weight excluding hydrogens is 306 g/mol. The fourth-order valence-corrected chi connectivity index (χ4v) is 3.56.